The van der Waals surface area contributed by atoms with E-state index in [1.807, 2.05) is 12.3 Å². The molecule has 4 nitrogen and oxygen atoms in total. The Morgan fingerprint density at radius 3 is 2.47 bits per heavy atom. The van der Waals surface area contributed by atoms with Gasteiger partial charge < -0.3 is 10.2 Å². The highest BCUT2D eigenvalue weighted by Gasteiger charge is 2.17. The molecule has 5 heteroatoms. The van der Waals surface area contributed by atoms with Gasteiger partial charge in [0, 0.05) is 11.3 Å². The molecule has 1 aromatic carbocycles. The van der Waals surface area contributed by atoms with Crippen LogP contribution in [0.25, 0.3) is 0 Å². The molecule has 1 aromatic rings. The summed E-state index contributed by atoms with van der Waals surface area (Å²) in [5.74, 6) is -1.30. The molecule has 0 fully saturated rings. The zero-order valence-electron chi connectivity index (χ0n) is 9.64. The highest BCUT2D eigenvalue weighted by Crippen LogP contribution is 2.23. The fourth-order valence-electron chi connectivity index (χ4n) is 1.49. The van der Waals surface area contributed by atoms with Crippen LogP contribution in [-0.2, 0) is 16.0 Å². The third-order valence-electron chi connectivity index (χ3n) is 2.23. The van der Waals surface area contributed by atoms with Crippen LogP contribution in [0.3, 0.4) is 0 Å². The minimum atomic E-state index is -1.55. The second-order valence-electron chi connectivity index (χ2n) is 3.73. The van der Waals surface area contributed by atoms with Crippen LogP contribution in [0, 0.1) is 0 Å². The average molecular weight is 254 g/mol. The number of ketones is 1. The lowest BCUT2D eigenvalue weighted by Gasteiger charge is -2.10. The Balaban J connectivity index is 3.13. The molecule has 0 saturated carbocycles. The smallest absolute Gasteiger partial charge is 0.337 e. The van der Waals surface area contributed by atoms with E-state index in [0.29, 0.717) is 5.56 Å². The van der Waals surface area contributed by atoms with Gasteiger partial charge in [0.25, 0.3) is 0 Å². The Morgan fingerprint density at radius 1 is 1.35 bits per heavy atom. The molecule has 0 aliphatic carbocycles. The van der Waals surface area contributed by atoms with Gasteiger partial charge in [-0.15, -0.1) is 11.8 Å². The molecule has 1 atom stereocenters. The normalized spacial score (nSPS) is 12.2. The van der Waals surface area contributed by atoms with Gasteiger partial charge in [-0.2, -0.15) is 0 Å². The summed E-state index contributed by atoms with van der Waals surface area (Å²) in [5, 5.41) is 18.2. The number of carboxylic acids is 1. The molecular weight excluding hydrogens is 240 g/mol. The SMILES string of the molecule is CSc1cc(CC(C)=O)cc(C(O)C(=O)O)c1. The molecule has 0 amide bonds. The first-order valence-corrected chi connectivity index (χ1v) is 6.24. The van der Waals surface area contributed by atoms with Gasteiger partial charge in [-0.1, -0.05) is 6.07 Å². The summed E-state index contributed by atoms with van der Waals surface area (Å²) < 4.78 is 0. The van der Waals surface area contributed by atoms with E-state index in [4.69, 9.17) is 5.11 Å². The molecule has 0 radical (unpaired) electrons. The van der Waals surface area contributed by atoms with E-state index >= 15 is 0 Å². The van der Waals surface area contributed by atoms with E-state index in [0.717, 1.165) is 10.5 Å². The molecule has 0 aliphatic rings. The van der Waals surface area contributed by atoms with Crippen molar-refractivity contribution >= 4 is 23.5 Å². The van der Waals surface area contributed by atoms with Crippen LogP contribution >= 0.6 is 11.8 Å². The number of aliphatic hydroxyl groups is 1. The van der Waals surface area contributed by atoms with Gasteiger partial charge >= 0.3 is 5.97 Å². The lowest BCUT2D eigenvalue weighted by atomic mass is 10.0. The third kappa shape index (κ3) is 3.87. The molecule has 0 aliphatic heterocycles. The van der Waals surface area contributed by atoms with Crippen molar-refractivity contribution in [3.63, 3.8) is 0 Å². The van der Waals surface area contributed by atoms with Gasteiger partial charge in [0.05, 0.1) is 0 Å². The van der Waals surface area contributed by atoms with E-state index in [9.17, 15) is 14.7 Å². The topological polar surface area (TPSA) is 74.6 Å². The van der Waals surface area contributed by atoms with E-state index in [1.54, 1.807) is 12.1 Å². The number of hydrogen-bond donors (Lipinski definition) is 2. The molecule has 1 rings (SSSR count). The van der Waals surface area contributed by atoms with Gasteiger partial charge in [-0.25, -0.2) is 4.79 Å². The summed E-state index contributed by atoms with van der Waals surface area (Å²) >= 11 is 1.44. The predicted octanol–water partition coefficient (Wildman–Crippen LogP) is 1.66. The number of benzene rings is 1. The van der Waals surface area contributed by atoms with Crippen LogP contribution in [0.4, 0.5) is 0 Å². The van der Waals surface area contributed by atoms with Gasteiger partial charge in [-0.05, 0) is 36.4 Å². The maximum Gasteiger partial charge on any atom is 0.337 e. The zero-order valence-corrected chi connectivity index (χ0v) is 10.5. The number of hydrogen-bond acceptors (Lipinski definition) is 4. The summed E-state index contributed by atoms with van der Waals surface area (Å²) in [6, 6.07) is 5.00. The number of carboxylic acid groups (broad SMARTS) is 1. The predicted molar refractivity (Wildman–Crippen MR) is 65.2 cm³/mol. The van der Waals surface area contributed by atoms with Crippen molar-refractivity contribution in [3.05, 3.63) is 29.3 Å². The minimum Gasteiger partial charge on any atom is -0.479 e. The molecule has 0 heterocycles. The Labute approximate surface area is 104 Å². The third-order valence-corrected chi connectivity index (χ3v) is 2.93. The summed E-state index contributed by atoms with van der Waals surface area (Å²) in [6.45, 7) is 1.47. The largest absolute Gasteiger partial charge is 0.479 e. The summed E-state index contributed by atoms with van der Waals surface area (Å²) in [7, 11) is 0. The molecule has 2 N–H and O–H groups in total. The first-order chi connectivity index (χ1) is 7.93. The highest BCUT2D eigenvalue weighted by molar-refractivity contribution is 7.98. The maximum atomic E-state index is 11.0. The fourth-order valence-corrected chi connectivity index (χ4v) is 2.02. The van der Waals surface area contributed by atoms with Crippen LogP contribution in [0.15, 0.2) is 23.1 Å². The molecule has 0 saturated heterocycles. The van der Waals surface area contributed by atoms with Gasteiger partial charge in [0.1, 0.15) is 5.78 Å². The number of thioether (sulfide) groups is 1. The van der Waals surface area contributed by atoms with Crippen LogP contribution in [0.2, 0.25) is 0 Å². The maximum absolute atomic E-state index is 11.0. The standard InChI is InChI=1S/C12H14O4S/c1-7(13)3-8-4-9(11(14)12(15)16)6-10(5-8)17-2/h4-6,11,14H,3H2,1-2H3,(H,15,16). The number of carbonyl (C=O) groups is 2. The fraction of sp³-hybridized carbons (Fsp3) is 0.333. The van der Waals surface area contributed by atoms with E-state index in [-0.39, 0.29) is 12.2 Å². The number of aliphatic hydroxyl groups excluding tert-OH is 1. The molecule has 17 heavy (non-hydrogen) atoms. The molecule has 0 spiro atoms. The Kier molecular flexibility index (Phi) is 4.72. The Morgan fingerprint density at radius 2 is 2.00 bits per heavy atom. The molecule has 0 aromatic heterocycles. The van der Waals surface area contributed by atoms with Crippen LogP contribution in [-0.4, -0.2) is 28.2 Å². The first-order valence-electron chi connectivity index (χ1n) is 5.02. The Hall–Kier alpha value is -1.33. The van der Waals surface area contributed by atoms with Crippen molar-refractivity contribution in [2.45, 2.75) is 24.3 Å². The number of carbonyl (C=O) groups excluding carboxylic acids is 1. The lowest BCUT2D eigenvalue weighted by molar-refractivity contribution is -0.146. The van der Waals surface area contributed by atoms with Crippen LogP contribution < -0.4 is 0 Å². The molecule has 1 unspecified atom stereocenters. The van der Waals surface area contributed by atoms with E-state index in [1.165, 1.54) is 18.7 Å². The molecule has 0 bridgehead atoms. The number of rotatable bonds is 5. The van der Waals surface area contributed by atoms with Crippen molar-refractivity contribution in [2.75, 3.05) is 6.26 Å². The Bertz CT molecular complexity index is 442. The number of Topliss-reactive ketones (excluding diaryl/α,β-unsaturated/α-hetero) is 1. The zero-order chi connectivity index (χ0) is 13.0. The van der Waals surface area contributed by atoms with Crippen molar-refractivity contribution in [3.8, 4) is 0 Å². The van der Waals surface area contributed by atoms with Gasteiger partial charge in [0.15, 0.2) is 6.10 Å². The highest BCUT2D eigenvalue weighted by atomic mass is 32.2. The van der Waals surface area contributed by atoms with Crippen molar-refractivity contribution in [2.24, 2.45) is 0 Å². The summed E-state index contributed by atoms with van der Waals surface area (Å²) in [6.07, 6.45) is 0.546. The first kappa shape index (κ1) is 13.7. The van der Waals surface area contributed by atoms with Crippen molar-refractivity contribution in [1.29, 1.82) is 0 Å². The second kappa shape index (κ2) is 5.84. The van der Waals surface area contributed by atoms with Crippen LogP contribution in [0.1, 0.15) is 24.2 Å². The lowest BCUT2D eigenvalue weighted by Crippen LogP contribution is -2.11. The van der Waals surface area contributed by atoms with Gasteiger partial charge in [0.2, 0.25) is 0 Å². The summed E-state index contributed by atoms with van der Waals surface area (Å²) in [5.41, 5.74) is 1.03. The van der Waals surface area contributed by atoms with Crippen molar-refractivity contribution < 1.29 is 19.8 Å². The number of aliphatic carboxylic acids is 1. The second-order valence-corrected chi connectivity index (χ2v) is 4.61. The summed E-state index contributed by atoms with van der Waals surface area (Å²) in [4.78, 5) is 22.6. The van der Waals surface area contributed by atoms with E-state index in [2.05, 4.69) is 0 Å². The molecule has 92 valence electrons. The van der Waals surface area contributed by atoms with Crippen LogP contribution in [0.5, 0.6) is 0 Å². The monoisotopic (exact) mass is 254 g/mol. The minimum absolute atomic E-state index is 0.000909. The van der Waals surface area contributed by atoms with E-state index < -0.39 is 12.1 Å². The molecular formula is C12H14O4S. The average Bonchev–Trinajstić information content (AvgIpc) is 2.26. The van der Waals surface area contributed by atoms with Crippen molar-refractivity contribution in [1.82, 2.24) is 0 Å². The van der Waals surface area contributed by atoms with Gasteiger partial charge in [-0.3, -0.25) is 4.79 Å². The quantitative estimate of drug-likeness (QED) is 0.782.